The molecule has 2 heteroatoms. The molecule has 0 N–H and O–H groups in total. The SMILES string of the molecule is CC1(C)c2cc(-c3ccc(-c4nc(-c5ccccc5)cc(-c5ccc6c(c5)C(c5ccccc5)(c5ccccc5)c5ccccc5-6)n4)c4ccccc34)ccc2-c2c1ccc1ccccc21. The maximum atomic E-state index is 5.52. The monoisotopic (exact) mass is 840 g/mol. The van der Waals surface area contributed by atoms with Gasteiger partial charge in [-0.15, -0.1) is 0 Å². The Bertz CT molecular complexity index is 3680. The molecular formula is C64H44N2. The van der Waals surface area contributed by atoms with Gasteiger partial charge in [-0.1, -0.05) is 220 Å². The first-order valence-electron chi connectivity index (χ1n) is 23.0. The Morgan fingerprint density at radius 1 is 0.318 bits per heavy atom. The topological polar surface area (TPSA) is 25.8 Å². The fraction of sp³-hybridized carbons (Fsp3) is 0.0625. The zero-order valence-corrected chi connectivity index (χ0v) is 36.8. The third-order valence-electron chi connectivity index (χ3n) is 14.6. The predicted molar refractivity (Wildman–Crippen MR) is 274 cm³/mol. The van der Waals surface area contributed by atoms with E-state index in [9.17, 15) is 0 Å². The number of fused-ring (bicyclic) bond motifs is 9. The molecule has 0 aliphatic heterocycles. The van der Waals surface area contributed by atoms with E-state index in [1.807, 2.05) is 0 Å². The van der Waals surface area contributed by atoms with Crippen LogP contribution in [0.25, 0.3) is 88.8 Å². The van der Waals surface area contributed by atoms with Crippen LogP contribution >= 0.6 is 0 Å². The minimum atomic E-state index is -0.516. The van der Waals surface area contributed by atoms with E-state index in [-0.39, 0.29) is 5.41 Å². The van der Waals surface area contributed by atoms with E-state index in [2.05, 4.69) is 244 Å². The van der Waals surface area contributed by atoms with Crippen molar-refractivity contribution in [3.63, 3.8) is 0 Å². The largest absolute Gasteiger partial charge is 0.228 e. The van der Waals surface area contributed by atoms with Gasteiger partial charge in [-0.05, 0) is 113 Å². The van der Waals surface area contributed by atoms with Crippen molar-refractivity contribution in [3.8, 4) is 67.3 Å². The molecule has 0 unspecified atom stereocenters. The number of aromatic nitrogens is 2. The molecule has 66 heavy (non-hydrogen) atoms. The number of hydrogen-bond acceptors (Lipinski definition) is 2. The molecular weight excluding hydrogens is 797 g/mol. The molecule has 11 aromatic rings. The number of rotatable bonds is 6. The van der Waals surface area contributed by atoms with Gasteiger partial charge >= 0.3 is 0 Å². The van der Waals surface area contributed by atoms with Gasteiger partial charge in [0.05, 0.1) is 16.8 Å². The van der Waals surface area contributed by atoms with Crippen molar-refractivity contribution in [2.75, 3.05) is 0 Å². The average Bonchev–Trinajstić information content (AvgIpc) is 3.81. The summed E-state index contributed by atoms with van der Waals surface area (Å²) >= 11 is 0. The Morgan fingerprint density at radius 2 is 0.848 bits per heavy atom. The van der Waals surface area contributed by atoms with Gasteiger partial charge in [-0.3, -0.25) is 0 Å². The van der Waals surface area contributed by atoms with Crippen molar-refractivity contribution >= 4 is 21.5 Å². The molecule has 10 aromatic carbocycles. The Hall–Kier alpha value is -8.20. The third-order valence-corrected chi connectivity index (χ3v) is 14.6. The molecule has 0 saturated carbocycles. The van der Waals surface area contributed by atoms with Crippen LogP contribution in [-0.4, -0.2) is 9.97 Å². The molecule has 13 rings (SSSR count). The van der Waals surface area contributed by atoms with Gasteiger partial charge in [0.1, 0.15) is 0 Å². The summed E-state index contributed by atoms with van der Waals surface area (Å²) in [4.78, 5) is 10.9. The Balaban J connectivity index is 0.986. The van der Waals surface area contributed by atoms with Crippen LogP contribution in [0.1, 0.15) is 47.2 Å². The molecule has 0 spiro atoms. The van der Waals surface area contributed by atoms with Crippen LogP contribution in [0.3, 0.4) is 0 Å². The highest BCUT2D eigenvalue weighted by atomic mass is 14.9. The number of benzene rings is 10. The predicted octanol–water partition coefficient (Wildman–Crippen LogP) is 16.1. The van der Waals surface area contributed by atoms with Crippen molar-refractivity contribution in [2.45, 2.75) is 24.7 Å². The van der Waals surface area contributed by atoms with Crippen molar-refractivity contribution in [1.29, 1.82) is 0 Å². The number of hydrogen-bond donors (Lipinski definition) is 0. The zero-order valence-electron chi connectivity index (χ0n) is 36.8. The molecule has 1 aromatic heterocycles. The first-order valence-corrected chi connectivity index (χ1v) is 23.0. The Kier molecular flexibility index (Phi) is 8.51. The summed E-state index contributed by atoms with van der Waals surface area (Å²) < 4.78 is 0. The van der Waals surface area contributed by atoms with Crippen LogP contribution in [0.4, 0.5) is 0 Å². The summed E-state index contributed by atoms with van der Waals surface area (Å²) in [5, 5.41) is 4.89. The maximum Gasteiger partial charge on any atom is 0.161 e. The van der Waals surface area contributed by atoms with Crippen LogP contribution < -0.4 is 0 Å². The second kappa shape index (κ2) is 14.7. The summed E-state index contributed by atoms with van der Waals surface area (Å²) in [7, 11) is 0. The standard InChI is InChI=1S/C64H44N2/c1-63(2)56-37-32-41-18-12-13-25-48(41)61(56)54-34-30-43(38-57(54)63)47-35-36-53(50-27-15-14-26-49(47)50)62-65-59(42-19-6-3-7-20-42)40-60(66-62)44-31-33-52-51-28-16-17-29-55(51)64(58(52)39-44,45-21-8-4-9-22-45)46-23-10-5-11-24-46/h3-40H,1-2H3. The summed E-state index contributed by atoms with van der Waals surface area (Å²) in [6, 6.07) is 84.3. The van der Waals surface area contributed by atoms with Crippen LogP contribution in [0, 0.1) is 0 Å². The average molecular weight is 841 g/mol. The lowest BCUT2D eigenvalue weighted by atomic mass is 9.67. The highest BCUT2D eigenvalue weighted by Crippen LogP contribution is 2.57. The van der Waals surface area contributed by atoms with E-state index < -0.39 is 5.41 Å². The van der Waals surface area contributed by atoms with Crippen LogP contribution in [0.2, 0.25) is 0 Å². The van der Waals surface area contributed by atoms with Crippen LogP contribution in [-0.2, 0) is 10.8 Å². The van der Waals surface area contributed by atoms with Gasteiger partial charge in [-0.25, -0.2) is 9.97 Å². The van der Waals surface area contributed by atoms with E-state index in [1.54, 1.807) is 0 Å². The van der Waals surface area contributed by atoms with Gasteiger partial charge in [0.25, 0.3) is 0 Å². The molecule has 2 nitrogen and oxygen atoms in total. The molecule has 0 saturated heterocycles. The lowest BCUT2D eigenvalue weighted by Crippen LogP contribution is -2.28. The molecule has 0 bridgehead atoms. The minimum absolute atomic E-state index is 0.134. The molecule has 0 fully saturated rings. The van der Waals surface area contributed by atoms with E-state index in [4.69, 9.17) is 9.97 Å². The lowest BCUT2D eigenvalue weighted by molar-refractivity contribution is 0.661. The van der Waals surface area contributed by atoms with Crippen LogP contribution in [0.15, 0.2) is 231 Å². The highest BCUT2D eigenvalue weighted by Gasteiger charge is 2.46. The minimum Gasteiger partial charge on any atom is -0.228 e. The highest BCUT2D eigenvalue weighted by molar-refractivity contribution is 6.06. The third kappa shape index (κ3) is 5.61. The van der Waals surface area contributed by atoms with E-state index in [0.717, 1.165) is 33.5 Å². The summed E-state index contributed by atoms with van der Waals surface area (Å²) in [6.45, 7) is 4.74. The zero-order chi connectivity index (χ0) is 44.0. The molecule has 0 amide bonds. The molecule has 310 valence electrons. The van der Waals surface area contributed by atoms with Gasteiger partial charge in [-0.2, -0.15) is 0 Å². The molecule has 2 aliphatic carbocycles. The fourth-order valence-corrected chi connectivity index (χ4v) is 11.5. The molecule has 2 aliphatic rings. The lowest BCUT2D eigenvalue weighted by Gasteiger charge is -2.34. The maximum absolute atomic E-state index is 5.52. The van der Waals surface area contributed by atoms with Crippen molar-refractivity contribution in [1.82, 2.24) is 9.97 Å². The fourth-order valence-electron chi connectivity index (χ4n) is 11.5. The van der Waals surface area contributed by atoms with Gasteiger partial charge in [0, 0.05) is 22.1 Å². The normalized spacial score (nSPS) is 13.8. The van der Waals surface area contributed by atoms with E-state index in [0.29, 0.717) is 5.82 Å². The summed E-state index contributed by atoms with van der Waals surface area (Å²) in [6.07, 6.45) is 0. The van der Waals surface area contributed by atoms with Crippen LogP contribution in [0.5, 0.6) is 0 Å². The quantitative estimate of drug-likeness (QED) is 0.167. The summed E-state index contributed by atoms with van der Waals surface area (Å²) in [5.74, 6) is 0.702. The van der Waals surface area contributed by atoms with Gasteiger partial charge in [0.2, 0.25) is 0 Å². The van der Waals surface area contributed by atoms with Gasteiger partial charge in [0.15, 0.2) is 5.82 Å². The molecule has 0 radical (unpaired) electrons. The van der Waals surface area contributed by atoms with E-state index in [1.165, 1.54) is 82.9 Å². The number of nitrogens with zero attached hydrogens (tertiary/aromatic N) is 2. The van der Waals surface area contributed by atoms with Crippen molar-refractivity contribution in [2.24, 2.45) is 0 Å². The second-order valence-corrected chi connectivity index (χ2v) is 18.4. The first kappa shape index (κ1) is 38.3. The first-order chi connectivity index (χ1) is 32.5. The van der Waals surface area contributed by atoms with E-state index >= 15 is 0 Å². The smallest absolute Gasteiger partial charge is 0.161 e. The van der Waals surface area contributed by atoms with Crippen molar-refractivity contribution in [3.05, 3.63) is 264 Å². The second-order valence-electron chi connectivity index (χ2n) is 18.4. The van der Waals surface area contributed by atoms with Crippen molar-refractivity contribution < 1.29 is 0 Å². The van der Waals surface area contributed by atoms with Gasteiger partial charge < -0.3 is 0 Å². The molecule has 1 heterocycles. The summed E-state index contributed by atoms with van der Waals surface area (Å²) in [5.41, 5.74) is 19.6. The Labute approximate surface area is 385 Å². The Morgan fingerprint density at radius 3 is 1.59 bits per heavy atom. The molecule has 0 atom stereocenters.